The third-order valence-corrected chi connectivity index (χ3v) is 4.00. The Bertz CT molecular complexity index is 99.1. The quantitative estimate of drug-likeness (QED) is 0.456. The van der Waals surface area contributed by atoms with E-state index in [2.05, 4.69) is 33.9 Å². The van der Waals surface area contributed by atoms with Crippen LogP contribution in [0.1, 0.15) is 20.3 Å². The molecule has 0 saturated heterocycles. The van der Waals surface area contributed by atoms with Crippen LogP contribution in [0.5, 0.6) is 0 Å². The molecular formula is C8H19ClMgOSi. The van der Waals surface area contributed by atoms with Gasteiger partial charge in [-0.05, 0) is 26.9 Å². The van der Waals surface area contributed by atoms with Crippen LogP contribution in [0.4, 0.5) is 0 Å². The first-order valence-corrected chi connectivity index (χ1v) is 7.06. The first-order chi connectivity index (χ1) is 4.48. The fourth-order valence-electron chi connectivity index (χ4n) is 1.12. The maximum Gasteiger partial charge on any atom is 2.00 e. The van der Waals surface area contributed by atoms with E-state index in [-0.39, 0.29) is 35.5 Å². The summed E-state index contributed by atoms with van der Waals surface area (Å²) in [5, 5.41) is 0. The molecule has 0 unspecified atom stereocenters. The maximum atomic E-state index is 5.78. The molecule has 0 aliphatic rings. The van der Waals surface area contributed by atoms with E-state index in [1.165, 1.54) is 6.04 Å². The summed E-state index contributed by atoms with van der Waals surface area (Å²) in [4.78, 5) is 0. The van der Waals surface area contributed by atoms with Crippen molar-refractivity contribution in [3.8, 4) is 0 Å². The smallest absolute Gasteiger partial charge is 1.00 e. The Morgan fingerprint density at radius 1 is 1.33 bits per heavy atom. The van der Waals surface area contributed by atoms with Crippen molar-refractivity contribution in [1.82, 2.24) is 0 Å². The second-order valence-electron chi connectivity index (χ2n) is 3.53. The van der Waals surface area contributed by atoms with E-state index < -0.39 is 8.32 Å². The van der Waals surface area contributed by atoms with Crippen LogP contribution in [0.15, 0.2) is 0 Å². The monoisotopic (exact) mass is 218 g/mol. The van der Waals surface area contributed by atoms with Gasteiger partial charge < -0.3 is 23.8 Å². The average molecular weight is 219 g/mol. The zero-order valence-electron chi connectivity index (χ0n) is 8.69. The maximum absolute atomic E-state index is 5.78. The van der Waals surface area contributed by atoms with Gasteiger partial charge in [-0.2, -0.15) is 6.42 Å². The van der Waals surface area contributed by atoms with Crippen LogP contribution >= 0.6 is 0 Å². The summed E-state index contributed by atoms with van der Waals surface area (Å²) in [5.74, 6) is 0. The Hall–Kier alpha value is 1.23. The summed E-state index contributed by atoms with van der Waals surface area (Å²) in [6.07, 6.45) is 1.39. The molecule has 0 N–H and O–H groups in total. The SMILES string of the molecule is [CH2-]CC[Si](C)(C)OC(C)C.[Cl-].[Mg+2]. The van der Waals surface area contributed by atoms with Gasteiger partial charge in [0.15, 0.2) is 8.32 Å². The molecule has 0 rings (SSSR count). The van der Waals surface area contributed by atoms with E-state index in [1.807, 2.05) is 0 Å². The van der Waals surface area contributed by atoms with Crippen molar-refractivity contribution in [2.75, 3.05) is 0 Å². The van der Waals surface area contributed by atoms with Gasteiger partial charge in [-0.15, -0.1) is 0 Å². The molecule has 0 aromatic carbocycles. The Kier molecular flexibility index (Phi) is 13.9. The van der Waals surface area contributed by atoms with Crippen molar-refractivity contribution < 1.29 is 16.8 Å². The van der Waals surface area contributed by atoms with E-state index in [0.29, 0.717) is 6.10 Å². The molecule has 0 aromatic heterocycles. The van der Waals surface area contributed by atoms with Crippen LogP contribution in [-0.4, -0.2) is 37.5 Å². The second-order valence-corrected chi connectivity index (χ2v) is 7.78. The van der Waals surface area contributed by atoms with Crippen LogP contribution in [0.25, 0.3) is 0 Å². The normalized spacial score (nSPS) is 10.5. The van der Waals surface area contributed by atoms with Gasteiger partial charge in [0, 0.05) is 6.10 Å². The number of hydrogen-bond acceptors (Lipinski definition) is 1. The third kappa shape index (κ3) is 11.2. The molecule has 0 bridgehead atoms. The predicted octanol–water partition coefficient (Wildman–Crippen LogP) is -0.536. The van der Waals surface area contributed by atoms with E-state index in [1.54, 1.807) is 0 Å². The van der Waals surface area contributed by atoms with Gasteiger partial charge in [0.25, 0.3) is 0 Å². The molecule has 0 aliphatic carbocycles. The number of hydrogen-bond donors (Lipinski definition) is 0. The molecule has 0 aliphatic heterocycles. The molecule has 0 fully saturated rings. The molecule has 0 amide bonds. The molecule has 12 heavy (non-hydrogen) atoms. The topological polar surface area (TPSA) is 9.23 Å². The molecule has 1 nitrogen and oxygen atoms in total. The van der Waals surface area contributed by atoms with Crippen molar-refractivity contribution >= 4 is 31.4 Å². The Morgan fingerprint density at radius 2 is 1.75 bits per heavy atom. The molecule has 0 aromatic rings. The van der Waals surface area contributed by atoms with Gasteiger partial charge in [0.2, 0.25) is 0 Å². The van der Waals surface area contributed by atoms with Crippen molar-refractivity contribution in [3.63, 3.8) is 0 Å². The fourth-order valence-corrected chi connectivity index (χ4v) is 3.37. The van der Waals surface area contributed by atoms with Gasteiger partial charge in [0.1, 0.15) is 0 Å². The first kappa shape index (κ1) is 18.9. The van der Waals surface area contributed by atoms with Crippen LogP contribution in [0.2, 0.25) is 19.1 Å². The standard InChI is InChI=1S/C8H19OSi.ClH.Mg/c1-6-7-10(4,5)9-8(2)3;;/h8H,1,6-7H2,2-5H3;1H;/q-1;;+2/p-1. The zero-order chi connectivity index (χ0) is 8.20. The van der Waals surface area contributed by atoms with Crippen LogP contribution in [-0.2, 0) is 4.43 Å². The van der Waals surface area contributed by atoms with Crippen molar-refractivity contribution in [3.05, 3.63) is 6.92 Å². The molecule has 0 radical (unpaired) electrons. The van der Waals surface area contributed by atoms with Gasteiger partial charge in [-0.1, -0.05) is 6.04 Å². The first-order valence-electron chi connectivity index (χ1n) is 3.95. The minimum atomic E-state index is -1.33. The summed E-state index contributed by atoms with van der Waals surface area (Å²) >= 11 is 0. The van der Waals surface area contributed by atoms with Gasteiger partial charge in [-0.3, -0.25) is 0 Å². The molecular weight excluding hydrogens is 200 g/mol. The van der Waals surface area contributed by atoms with Gasteiger partial charge >= 0.3 is 23.1 Å². The van der Waals surface area contributed by atoms with E-state index in [0.717, 1.165) is 6.42 Å². The van der Waals surface area contributed by atoms with E-state index >= 15 is 0 Å². The molecule has 0 spiro atoms. The molecule has 0 saturated carbocycles. The minimum Gasteiger partial charge on any atom is -1.00 e. The Labute approximate surface area is 100 Å². The second kappa shape index (κ2) is 8.81. The molecule has 70 valence electrons. The minimum absolute atomic E-state index is 0. The number of halogens is 1. The third-order valence-electron chi connectivity index (χ3n) is 1.33. The van der Waals surface area contributed by atoms with Crippen molar-refractivity contribution in [2.45, 2.75) is 45.5 Å². The van der Waals surface area contributed by atoms with Crippen molar-refractivity contribution in [2.24, 2.45) is 0 Å². The van der Waals surface area contributed by atoms with E-state index in [9.17, 15) is 0 Å². The summed E-state index contributed by atoms with van der Waals surface area (Å²) in [6, 6.07) is 1.17. The average Bonchev–Trinajstić information content (AvgIpc) is 1.59. The van der Waals surface area contributed by atoms with Crippen LogP contribution < -0.4 is 12.4 Å². The Morgan fingerprint density at radius 3 is 2.00 bits per heavy atom. The summed E-state index contributed by atoms with van der Waals surface area (Å²) < 4.78 is 5.78. The fraction of sp³-hybridized carbons (Fsp3) is 0.875. The molecule has 0 heterocycles. The Balaban J connectivity index is -0.000000405. The van der Waals surface area contributed by atoms with Gasteiger partial charge in [0.05, 0.1) is 0 Å². The number of rotatable bonds is 4. The summed E-state index contributed by atoms with van der Waals surface area (Å²) in [6.45, 7) is 12.5. The molecule has 0 atom stereocenters. The predicted molar refractivity (Wildman–Crippen MR) is 54.2 cm³/mol. The summed E-state index contributed by atoms with van der Waals surface area (Å²) in [5.41, 5.74) is 0. The van der Waals surface area contributed by atoms with Crippen LogP contribution in [0, 0.1) is 6.92 Å². The van der Waals surface area contributed by atoms with Gasteiger partial charge in [-0.25, -0.2) is 0 Å². The van der Waals surface area contributed by atoms with Crippen molar-refractivity contribution in [1.29, 1.82) is 0 Å². The molecule has 4 heteroatoms. The van der Waals surface area contributed by atoms with Crippen LogP contribution in [0.3, 0.4) is 0 Å². The summed E-state index contributed by atoms with van der Waals surface area (Å²) in [7, 11) is -1.33. The zero-order valence-corrected chi connectivity index (χ0v) is 11.9. The van der Waals surface area contributed by atoms with E-state index in [4.69, 9.17) is 4.43 Å². The largest absolute Gasteiger partial charge is 2.00 e.